The molecule has 7 nitrogen and oxygen atoms in total. The molecule has 1 heterocycles. The molecule has 5 N–H and O–H groups in total. The minimum atomic E-state index is -1.10. The van der Waals surface area contributed by atoms with Crippen molar-refractivity contribution in [2.45, 2.75) is 0 Å². The fraction of sp³-hybridized carbons (Fsp3) is 0.222. The number of aromatic carboxylic acids is 1. The minimum Gasteiger partial charge on any atom is -0.478 e. The molecule has 2 amide bonds. The number of halogens is 1. The van der Waals surface area contributed by atoms with Crippen molar-refractivity contribution in [3.05, 3.63) is 22.8 Å². The van der Waals surface area contributed by atoms with Gasteiger partial charge < -0.3 is 21.5 Å². The van der Waals surface area contributed by atoms with E-state index in [0.717, 1.165) is 0 Å². The van der Waals surface area contributed by atoms with E-state index in [1.165, 1.54) is 12.3 Å². The van der Waals surface area contributed by atoms with Crippen molar-refractivity contribution in [3.63, 3.8) is 0 Å². The number of carbonyl (C=O) groups excluding carboxylic acids is 1. The van der Waals surface area contributed by atoms with Crippen LogP contribution in [-0.4, -0.2) is 35.2 Å². The van der Waals surface area contributed by atoms with Gasteiger partial charge in [0.15, 0.2) is 0 Å². The summed E-state index contributed by atoms with van der Waals surface area (Å²) in [6.07, 6.45) is 1.19. The Morgan fingerprint density at radius 2 is 2.18 bits per heavy atom. The molecule has 92 valence electrons. The highest BCUT2D eigenvalue weighted by Gasteiger charge is 2.07. The van der Waals surface area contributed by atoms with E-state index < -0.39 is 12.0 Å². The molecule has 8 heteroatoms. The number of hydrogen-bond acceptors (Lipinski definition) is 4. The molecule has 1 aromatic heterocycles. The fourth-order valence-corrected chi connectivity index (χ4v) is 1.28. The van der Waals surface area contributed by atoms with Crippen molar-refractivity contribution in [2.24, 2.45) is 5.73 Å². The lowest BCUT2D eigenvalue weighted by Gasteiger charge is -2.07. The summed E-state index contributed by atoms with van der Waals surface area (Å²) in [6.45, 7) is 0.691. The number of hydrogen-bond donors (Lipinski definition) is 4. The highest BCUT2D eigenvalue weighted by Crippen LogP contribution is 2.19. The molecule has 0 saturated heterocycles. The van der Waals surface area contributed by atoms with E-state index in [1.807, 2.05) is 0 Å². The van der Waals surface area contributed by atoms with Crippen molar-refractivity contribution in [1.82, 2.24) is 10.3 Å². The number of pyridine rings is 1. The van der Waals surface area contributed by atoms with Crippen LogP contribution in [0.2, 0.25) is 5.02 Å². The minimum absolute atomic E-state index is 0.0100. The van der Waals surface area contributed by atoms with E-state index in [-0.39, 0.29) is 10.6 Å². The summed E-state index contributed by atoms with van der Waals surface area (Å²) in [5.41, 5.74) is 4.88. The summed E-state index contributed by atoms with van der Waals surface area (Å²) in [6, 6.07) is 0.674. The van der Waals surface area contributed by atoms with Gasteiger partial charge in [-0.3, -0.25) is 0 Å². The van der Waals surface area contributed by atoms with Crippen LogP contribution in [0.25, 0.3) is 0 Å². The maximum Gasteiger partial charge on any atom is 0.337 e. The number of aromatic nitrogens is 1. The van der Waals surface area contributed by atoms with Gasteiger partial charge in [0.05, 0.1) is 10.6 Å². The van der Waals surface area contributed by atoms with Gasteiger partial charge in [0.25, 0.3) is 0 Å². The average Bonchev–Trinajstić information content (AvgIpc) is 2.25. The lowest BCUT2D eigenvalue weighted by molar-refractivity contribution is 0.0696. The average molecular weight is 259 g/mol. The third kappa shape index (κ3) is 4.15. The van der Waals surface area contributed by atoms with Gasteiger partial charge in [-0.25, -0.2) is 14.6 Å². The normalized spacial score (nSPS) is 9.71. The van der Waals surface area contributed by atoms with E-state index in [9.17, 15) is 9.59 Å². The standard InChI is InChI=1S/C9H11ClN4O3/c10-6-3-5(8(15)16)4-14-7(6)12-1-2-13-9(11)17/h3-4H,1-2H2,(H,12,14)(H,15,16)(H3,11,13,17). The predicted octanol–water partition coefficient (Wildman–Crippen LogP) is 0.513. The van der Waals surface area contributed by atoms with Crippen LogP contribution in [0.4, 0.5) is 10.6 Å². The second-order valence-corrected chi connectivity index (χ2v) is 3.48. The first kappa shape index (κ1) is 13.0. The van der Waals surface area contributed by atoms with Crippen molar-refractivity contribution >= 4 is 29.4 Å². The number of urea groups is 1. The number of rotatable bonds is 5. The molecule has 17 heavy (non-hydrogen) atoms. The lowest BCUT2D eigenvalue weighted by atomic mass is 10.3. The van der Waals surface area contributed by atoms with Crippen LogP contribution >= 0.6 is 11.6 Å². The van der Waals surface area contributed by atoms with Gasteiger partial charge in [0.2, 0.25) is 0 Å². The van der Waals surface area contributed by atoms with E-state index >= 15 is 0 Å². The summed E-state index contributed by atoms with van der Waals surface area (Å²) in [7, 11) is 0. The third-order valence-corrected chi connectivity index (χ3v) is 2.09. The molecule has 0 fully saturated rings. The number of carboxylic acid groups (broad SMARTS) is 1. The molecule has 0 radical (unpaired) electrons. The number of anilines is 1. The Labute approximate surface area is 102 Å². The summed E-state index contributed by atoms with van der Waals surface area (Å²) >= 11 is 5.81. The SMILES string of the molecule is NC(=O)NCCNc1ncc(C(=O)O)cc1Cl. The highest BCUT2D eigenvalue weighted by molar-refractivity contribution is 6.33. The van der Waals surface area contributed by atoms with Crippen LogP contribution < -0.4 is 16.4 Å². The van der Waals surface area contributed by atoms with Crippen LogP contribution in [0.5, 0.6) is 0 Å². The Kier molecular flexibility index (Phi) is 4.53. The zero-order valence-electron chi connectivity index (χ0n) is 8.74. The molecule has 0 aromatic carbocycles. The van der Waals surface area contributed by atoms with Crippen molar-refractivity contribution in [3.8, 4) is 0 Å². The predicted molar refractivity (Wildman–Crippen MR) is 62.3 cm³/mol. The van der Waals surface area contributed by atoms with Gasteiger partial charge in [-0.05, 0) is 6.07 Å². The molecular weight excluding hydrogens is 248 g/mol. The summed E-state index contributed by atoms with van der Waals surface area (Å²) in [5, 5.41) is 14.1. The number of carboxylic acids is 1. The first-order valence-electron chi connectivity index (χ1n) is 4.66. The van der Waals surface area contributed by atoms with Crippen LogP contribution in [0.1, 0.15) is 10.4 Å². The molecule has 0 aliphatic carbocycles. The molecule has 0 spiro atoms. The summed E-state index contributed by atoms with van der Waals surface area (Å²) in [5.74, 6) is -0.746. The van der Waals surface area contributed by atoms with Gasteiger partial charge in [0, 0.05) is 19.3 Å². The second-order valence-electron chi connectivity index (χ2n) is 3.08. The van der Waals surface area contributed by atoms with Crippen LogP contribution in [0.15, 0.2) is 12.3 Å². The Hall–Kier alpha value is -2.02. The molecule has 0 saturated carbocycles. The molecule has 0 atom stereocenters. The van der Waals surface area contributed by atoms with Gasteiger partial charge in [-0.15, -0.1) is 0 Å². The number of nitrogens with zero attached hydrogens (tertiary/aromatic N) is 1. The number of nitrogens with two attached hydrogens (primary N) is 1. The van der Waals surface area contributed by atoms with Crippen molar-refractivity contribution in [2.75, 3.05) is 18.4 Å². The van der Waals surface area contributed by atoms with Gasteiger partial charge >= 0.3 is 12.0 Å². The van der Waals surface area contributed by atoms with E-state index in [4.69, 9.17) is 22.4 Å². The Morgan fingerprint density at radius 3 is 2.71 bits per heavy atom. The van der Waals surface area contributed by atoms with Crippen LogP contribution in [0, 0.1) is 0 Å². The summed E-state index contributed by atoms with van der Waals surface area (Å²) < 4.78 is 0. The zero-order valence-corrected chi connectivity index (χ0v) is 9.49. The van der Waals surface area contributed by atoms with E-state index in [1.54, 1.807) is 0 Å². The smallest absolute Gasteiger partial charge is 0.337 e. The second kappa shape index (κ2) is 5.90. The number of amides is 2. The van der Waals surface area contributed by atoms with Crippen LogP contribution in [0.3, 0.4) is 0 Å². The Morgan fingerprint density at radius 1 is 1.47 bits per heavy atom. The fourth-order valence-electron chi connectivity index (χ4n) is 1.05. The van der Waals surface area contributed by atoms with Crippen molar-refractivity contribution in [1.29, 1.82) is 0 Å². The Balaban J connectivity index is 2.54. The quantitative estimate of drug-likeness (QED) is 0.574. The van der Waals surface area contributed by atoms with Gasteiger partial charge in [-0.1, -0.05) is 11.6 Å². The monoisotopic (exact) mass is 258 g/mol. The first-order chi connectivity index (χ1) is 8.00. The van der Waals surface area contributed by atoms with Crippen LogP contribution in [-0.2, 0) is 0 Å². The number of carbonyl (C=O) groups is 2. The lowest BCUT2D eigenvalue weighted by Crippen LogP contribution is -2.33. The Bertz CT molecular complexity index is 438. The molecule has 0 unspecified atom stereocenters. The molecule has 0 aliphatic rings. The maximum absolute atomic E-state index is 10.6. The first-order valence-corrected chi connectivity index (χ1v) is 5.04. The topological polar surface area (TPSA) is 117 Å². The highest BCUT2D eigenvalue weighted by atomic mass is 35.5. The van der Waals surface area contributed by atoms with E-state index in [2.05, 4.69) is 15.6 Å². The molecule has 0 bridgehead atoms. The summed E-state index contributed by atoms with van der Waals surface area (Å²) in [4.78, 5) is 24.8. The molecular formula is C9H11ClN4O3. The van der Waals surface area contributed by atoms with Gasteiger partial charge in [0.1, 0.15) is 5.82 Å². The number of primary amides is 1. The zero-order chi connectivity index (χ0) is 12.8. The van der Waals surface area contributed by atoms with Crippen molar-refractivity contribution < 1.29 is 14.7 Å². The molecule has 1 aromatic rings. The third-order valence-electron chi connectivity index (χ3n) is 1.80. The molecule has 0 aliphatic heterocycles. The maximum atomic E-state index is 10.6. The van der Waals surface area contributed by atoms with Gasteiger partial charge in [-0.2, -0.15) is 0 Å². The largest absolute Gasteiger partial charge is 0.478 e. The van der Waals surface area contributed by atoms with E-state index in [0.29, 0.717) is 18.9 Å². The number of nitrogens with one attached hydrogen (secondary N) is 2. The molecule has 1 rings (SSSR count).